The second kappa shape index (κ2) is 7.05. The summed E-state index contributed by atoms with van der Waals surface area (Å²) >= 11 is 0. The standard InChI is InChI=1S/C15H18N4O4/c16-11-15(7-3-1-2-4-8-15)17-13(20)10-18-9-12(19(22)23)5-6-14(18)21/h5-6,9H,1-4,7-8,10H2,(H,17,20). The number of nitrogens with zero attached hydrogens (tertiary/aromatic N) is 3. The van der Waals surface area contributed by atoms with E-state index in [0.717, 1.165) is 48.6 Å². The minimum Gasteiger partial charge on any atom is -0.336 e. The fourth-order valence-corrected chi connectivity index (χ4v) is 2.81. The number of nitro groups is 1. The molecule has 1 N–H and O–H groups in total. The number of rotatable bonds is 4. The summed E-state index contributed by atoms with van der Waals surface area (Å²) in [6.45, 7) is -0.343. The lowest BCUT2D eigenvalue weighted by molar-refractivity contribution is -0.385. The van der Waals surface area contributed by atoms with Crippen molar-refractivity contribution in [2.24, 2.45) is 0 Å². The smallest absolute Gasteiger partial charge is 0.285 e. The molecule has 0 unspecified atom stereocenters. The first-order valence-corrected chi connectivity index (χ1v) is 7.53. The molecule has 0 spiro atoms. The van der Waals surface area contributed by atoms with Crippen molar-refractivity contribution in [3.05, 3.63) is 38.8 Å². The molecule has 1 aliphatic rings. The predicted octanol–water partition coefficient (Wildman–Crippen LogP) is 1.49. The molecular weight excluding hydrogens is 300 g/mol. The molecule has 1 heterocycles. The molecule has 0 aromatic carbocycles. The predicted molar refractivity (Wildman–Crippen MR) is 81.5 cm³/mol. The van der Waals surface area contributed by atoms with Crippen LogP contribution in [0, 0.1) is 21.4 Å². The number of hydrogen-bond acceptors (Lipinski definition) is 5. The van der Waals surface area contributed by atoms with Crippen molar-refractivity contribution >= 4 is 11.6 Å². The molecule has 1 aliphatic carbocycles. The zero-order valence-electron chi connectivity index (χ0n) is 12.7. The lowest BCUT2D eigenvalue weighted by Gasteiger charge is -2.26. The number of nitriles is 1. The van der Waals surface area contributed by atoms with E-state index in [2.05, 4.69) is 11.4 Å². The van der Waals surface area contributed by atoms with Crippen LogP contribution in [-0.4, -0.2) is 20.9 Å². The molecule has 0 radical (unpaired) electrons. The fraction of sp³-hybridized carbons (Fsp3) is 0.533. The molecule has 1 amide bonds. The normalized spacial score (nSPS) is 16.8. The van der Waals surface area contributed by atoms with Gasteiger partial charge < -0.3 is 5.32 Å². The van der Waals surface area contributed by atoms with Crippen LogP contribution in [-0.2, 0) is 11.3 Å². The van der Waals surface area contributed by atoms with Gasteiger partial charge in [0.15, 0.2) is 0 Å². The first kappa shape index (κ1) is 16.7. The molecule has 0 atom stereocenters. The second-order valence-corrected chi connectivity index (χ2v) is 5.77. The van der Waals surface area contributed by atoms with Gasteiger partial charge in [0.2, 0.25) is 5.91 Å². The number of carbonyl (C=O) groups excluding carboxylic acids is 1. The van der Waals surface area contributed by atoms with Crippen molar-refractivity contribution in [2.75, 3.05) is 0 Å². The number of nitrogens with one attached hydrogen (secondary N) is 1. The van der Waals surface area contributed by atoms with E-state index in [1.54, 1.807) is 0 Å². The summed E-state index contributed by atoms with van der Waals surface area (Å²) < 4.78 is 0.981. The van der Waals surface area contributed by atoms with Crippen LogP contribution in [0.15, 0.2) is 23.1 Å². The van der Waals surface area contributed by atoms with Crippen LogP contribution in [0.3, 0.4) is 0 Å². The highest BCUT2D eigenvalue weighted by molar-refractivity contribution is 5.77. The minimum absolute atomic E-state index is 0.262. The van der Waals surface area contributed by atoms with Gasteiger partial charge in [0, 0.05) is 12.1 Å². The molecule has 8 heteroatoms. The third-order valence-corrected chi connectivity index (χ3v) is 4.04. The van der Waals surface area contributed by atoms with E-state index in [4.69, 9.17) is 0 Å². The third-order valence-electron chi connectivity index (χ3n) is 4.04. The number of pyridine rings is 1. The van der Waals surface area contributed by atoms with Gasteiger partial charge in [0.25, 0.3) is 11.2 Å². The molecule has 1 fully saturated rings. The Balaban J connectivity index is 2.13. The van der Waals surface area contributed by atoms with E-state index >= 15 is 0 Å². The lowest BCUT2D eigenvalue weighted by atomic mass is 9.92. The highest BCUT2D eigenvalue weighted by Gasteiger charge is 2.32. The van der Waals surface area contributed by atoms with Crippen LogP contribution >= 0.6 is 0 Å². The summed E-state index contributed by atoms with van der Waals surface area (Å²) in [5, 5.41) is 22.9. The maximum absolute atomic E-state index is 12.2. The van der Waals surface area contributed by atoms with Gasteiger partial charge in [-0.15, -0.1) is 0 Å². The van der Waals surface area contributed by atoms with Crippen LogP contribution in [0.2, 0.25) is 0 Å². The molecular formula is C15H18N4O4. The molecule has 1 aromatic heterocycles. The largest absolute Gasteiger partial charge is 0.336 e. The van der Waals surface area contributed by atoms with Crippen molar-refractivity contribution in [3.63, 3.8) is 0 Å². The molecule has 0 bridgehead atoms. The summed E-state index contributed by atoms with van der Waals surface area (Å²) in [4.78, 5) is 34.0. The Bertz CT molecular complexity index is 696. The van der Waals surface area contributed by atoms with Crippen LogP contribution < -0.4 is 10.9 Å². The Hall–Kier alpha value is -2.69. The van der Waals surface area contributed by atoms with E-state index in [-0.39, 0.29) is 12.2 Å². The van der Waals surface area contributed by atoms with Crippen LogP contribution in [0.25, 0.3) is 0 Å². The lowest BCUT2D eigenvalue weighted by Crippen LogP contribution is -2.48. The van der Waals surface area contributed by atoms with E-state index in [9.17, 15) is 25.0 Å². The Morgan fingerprint density at radius 3 is 2.57 bits per heavy atom. The van der Waals surface area contributed by atoms with Gasteiger partial charge >= 0.3 is 0 Å². The molecule has 0 saturated heterocycles. The molecule has 1 saturated carbocycles. The first-order chi connectivity index (χ1) is 11.0. The monoisotopic (exact) mass is 318 g/mol. The molecule has 23 heavy (non-hydrogen) atoms. The minimum atomic E-state index is -0.905. The summed E-state index contributed by atoms with van der Waals surface area (Å²) in [7, 11) is 0. The number of hydrogen-bond donors (Lipinski definition) is 1. The number of aromatic nitrogens is 1. The van der Waals surface area contributed by atoms with Gasteiger partial charge in [-0.3, -0.25) is 24.3 Å². The van der Waals surface area contributed by atoms with Gasteiger partial charge in [0.1, 0.15) is 12.1 Å². The maximum atomic E-state index is 12.2. The molecule has 1 aromatic rings. The Morgan fingerprint density at radius 2 is 2.00 bits per heavy atom. The van der Waals surface area contributed by atoms with Crippen LogP contribution in [0.4, 0.5) is 5.69 Å². The fourth-order valence-electron chi connectivity index (χ4n) is 2.81. The highest BCUT2D eigenvalue weighted by atomic mass is 16.6. The van der Waals surface area contributed by atoms with Crippen molar-refractivity contribution < 1.29 is 9.72 Å². The summed E-state index contributed by atoms with van der Waals surface area (Å²) in [5.41, 5.74) is -1.67. The number of carbonyl (C=O) groups is 1. The van der Waals surface area contributed by atoms with Crippen LogP contribution in [0.1, 0.15) is 38.5 Å². The summed E-state index contributed by atoms with van der Waals surface area (Å²) in [6.07, 6.45) is 5.99. The Labute approximate surface area is 132 Å². The number of amides is 1. The van der Waals surface area contributed by atoms with Gasteiger partial charge in [0.05, 0.1) is 17.2 Å². The van der Waals surface area contributed by atoms with E-state index < -0.39 is 21.9 Å². The van der Waals surface area contributed by atoms with Gasteiger partial charge in [-0.2, -0.15) is 5.26 Å². The van der Waals surface area contributed by atoms with Crippen LogP contribution in [0.5, 0.6) is 0 Å². The topological polar surface area (TPSA) is 118 Å². The van der Waals surface area contributed by atoms with Crippen molar-refractivity contribution in [2.45, 2.75) is 50.6 Å². The Morgan fingerprint density at radius 1 is 1.35 bits per heavy atom. The van der Waals surface area contributed by atoms with Gasteiger partial charge in [-0.05, 0) is 12.8 Å². The average Bonchev–Trinajstić information content (AvgIpc) is 2.75. The van der Waals surface area contributed by atoms with Gasteiger partial charge in [-0.1, -0.05) is 25.7 Å². The van der Waals surface area contributed by atoms with E-state index in [1.165, 1.54) is 0 Å². The van der Waals surface area contributed by atoms with E-state index in [1.807, 2.05) is 0 Å². The summed E-state index contributed by atoms with van der Waals surface area (Å²) in [5.74, 6) is -0.490. The van der Waals surface area contributed by atoms with Crippen molar-refractivity contribution in [1.29, 1.82) is 5.26 Å². The highest BCUT2D eigenvalue weighted by Crippen LogP contribution is 2.26. The zero-order chi connectivity index (χ0) is 16.9. The maximum Gasteiger partial charge on any atom is 0.285 e. The molecule has 8 nitrogen and oxygen atoms in total. The molecule has 2 rings (SSSR count). The Kier molecular flexibility index (Phi) is 5.11. The van der Waals surface area contributed by atoms with Crippen molar-refractivity contribution in [3.8, 4) is 6.07 Å². The summed E-state index contributed by atoms with van der Waals surface area (Å²) in [6, 6.07) is 4.34. The molecule has 0 aliphatic heterocycles. The molecule has 122 valence electrons. The first-order valence-electron chi connectivity index (χ1n) is 7.53. The van der Waals surface area contributed by atoms with E-state index in [0.29, 0.717) is 12.8 Å². The SMILES string of the molecule is N#CC1(NC(=O)Cn2cc([N+](=O)[O-])ccc2=O)CCCCCC1. The van der Waals surface area contributed by atoms with Crippen molar-refractivity contribution in [1.82, 2.24) is 9.88 Å². The second-order valence-electron chi connectivity index (χ2n) is 5.77. The average molecular weight is 318 g/mol. The third kappa shape index (κ3) is 4.16. The quantitative estimate of drug-likeness (QED) is 0.512. The van der Waals surface area contributed by atoms with Gasteiger partial charge in [-0.25, -0.2) is 0 Å². The zero-order valence-corrected chi connectivity index (χ0v) is 12.7.